The molecule has 0 N–H and O–H groups in total. The zero-order valence-electron chi connectivity index (χ0n) is 15.7. The summed E-state index contributed by atoms with van der Waals surface area (Å²) in [5.41, 5.74) is 2.77. The largest absolute Gasteiger partial charge is 0.300 e. The summed E-state index contributed by atoms with van der Waals surface area (Å²) in [5.74, 6) is -0.332. The molecule has 30 heavy (non-hydrogen) atoms. The Bertz CT molecular complexity index is 1310. The van der Waals surface area contributed by atoms with Crippen LogP contribution in [0.25, 0.3) is 23.2 Å². The fraction of sp³-hybridized carbons (Fsp3) is 0.0435. The van der Waals surface area contributed by atoms with E-state index < -0.39 is 4.92 Å². The minimum atomic E-state index is -0.462. The van der Waals surface area contributed by atoms with E-state index in [0.717, 1.165) is 11.1 Å². The first-order valence-corrected chi connectivity index (χ1v) is 9.18. The molecule has 3 aromatic carbocycles. The Balaban J connectivity index is 1.76. The summed E-state index contributed by atoms with van der Waals surface area (Å²) in [7, 11) is 0. The number of benzene rings is 3. The molecule has 0 amide bonds. The molecule has 0 saturated heterocycles. The van der Waals surface area contributed by atoms with Gasteiger partial charge in [0.05, 0.1) is 22.5 Å². The third kappa shape index (κ3) is 4.00. The van der Waals surface area contributed by atoms with E-state index in [4.69, 9.17) is 0 Å². The van der Waals surface area contributed by atoms with Crippen LogP contribution >= 0.6 is 0 Å². The lowest BCUT2D eigenvalue weighted by molar-refractivity contribution is -0.384. The van der Waals surface area contributed by atoms with Crippen LogP contribution in [0.2, 0.25) is 0 Å². The van der Waals surface area contributed by atoms with Gasteiger partial charge >= 0.3 is 0 Å². The number of rotatable bonds is 5. The second-order valence-corrected chi connectivity index (χ2v) is 6.69. The van der Waals surface area contributed by atoms with Crippen molar-refractivity contribution in [3.63, 3.8) is 0 Å². The van der Waals surface area contributed by atoms with Gasteiger partial charge in [-0.15, -0.1) is 0 Å². The zero-order chi connectivity index (χ0) is 21.1. The number of aromatic nitrogens is 2. The number of nitro groups is 1. The van der Waals surface area contributed by atoms with Gasteiger partial charge in [-0.3, -0.25) is 14.9 Å². The van der Waals surface area contributed by atoms with E-state index in [2.05, 4.69) is 4.98 Å². The third-order valence-electron chi connectivity index (χ3n) is 4.67. The number of nitro benzene ring substituents is 1. The second kappa shape index (κ2) is 8.08. The van der Waals surface area contributed by atoms with Crippen molar-refractivity contribution in [3.8, 4) is 0 Å². The predicted octanol–water partition coefficient (Wildman–Crippen LogP) is 4.66. The Morgan fingerprint density at radius 2 is 1.67 bits per heavy atom. The smallest absolute Gasteiger partial charge is 0.277 e. The molecule has 4 aromatic rings. The van der Waals surface area contributed by atoms with Crippen molar-refractivity contribution in [1.29, 1.82) is 0 Å². The molecular formula is C23H16FN3O3. The highest BCUT2D eigenvalue weighted by molar-refractivity contribution is 5.77. The van der Waals surface area contributed by atoms with Crippen molar-refractivity contribution < 1.29 is 9.31 Å². The molecule has 1 aromatic heterocycles. The Morgan fingerprint density at radius 3 is 2.37 bits per heavy atom. The van der Waals surface area contributed by atoms with Crippen LogP contribution in [0.1, 0.15) is 16.8 Å². The summed E-state index contributed by atoms with van der Waals surface area (Å²) in [4.78, 5) is 28.0. The van der Waals surface area contributed by atoms with Crippen molar-refractivity contribution in [2.45, 2.75) is 6.54 Å². The first kappa shape index (κ1) is 19.2. The maximum Gasteiger partial charge on any atom is 0.277 e. The lowest BCUT2D eigenvalue weighted by Gasteiger charge is -2.11. The molecule has 1 heterocycles. The summed E-state index contributed by atoms with van der Waals surface area (Å²) in [6, 6.07) is 19.3. The molecule has 0 fully saturated rings. The summed E-state index contributed by atoms with van der Waals surface area (Å²) < 4.78 is 14.7. The molecule has 0 aliphatic heterocycles. The topological polar surface area (TPSA) is 78.0 Å². The summed E-state index contributed by atoms with van der Waals surface area (Å²) in [5, 5.41) is 10.9. The first-order valence-electron chi connectivity index (χ1n) is 9.18. The van der Waals surface area contributed by atoms with E-state index in [9.17, 15) is 19.3 Å². The van der Waals surface area contributed by atoms with Gasteiger partial charge in [0.1, 0.15) is 11.5 Å². The first-order chi connectivity index (χ1) is 14.5. The van der Waals surface area contributed by atoms with Crippen molar-refractivity contribution in [2.24, 2.45) is 0 Å². The molecule has 0 bridgehead atoms. The van der Waals surface area contributed by atoms with E-state index in [0.29, 0.717) is 11.0 Å². The molecule has 0 radical (unpaired) electrons. The standard InChI is InChI=1S/C23H16FN3O3/c24-18-10-5-16(6-11-18)9-14-21-23(28)26(22-4-2-1-3-20(22)25-21)15-17-7-12-19(13-8-17)27(29)30/h1-14H,15H2/b14-9+. The van der Waals surface area contributed by atoms with Crippen LogP contribution in [0, 0.1) is 15.9 Å². The van der Waals surface area contributed by atoms with Crippen LogP contribution in [-0.2, 0) is 6.54 Å². The van der Waals surface area contributed by atoms with E-state index in [-0.39, 0.29) is 29.3 Å². The van der Waals surface area contributed by atoms with Gasteiger partial charge in [-0.1, -0.05) is 42.5 Å². The van der Waals surface area contributed by atoms with E-state index >= 15 is 0 Å². The molecule has 0 saturated carbocycles. The molecule has 4 rings (SSSR count). The molecule has 0 atom stereocenters. The van der Waals surface area contributed by atoms with Crippen LogP contribution < -0.4 is 5.56 Å². The molecule has 0 spiro atoms. The number of hydrogen-bond donors (Lipinski definition) is 0. The van der Waals surface area contributed by atoms with Gasteiger partial charge in [-0.2, -0.15) is 0 Å². The lowest BCUT2D eigenvalue weighted by Crippen LogP contribution is -2.24. The van der Waals surface area contributed by atoms with Crippen LogP contribution in [0.3, 0.4) is 0 Å². The van der Waals surface area contributed by atoms with E-state index in [1.807, 2.05) is 24.3 Å². The van der Waals surface area contributed by atoms with Crippen molar-refractivity contribution in [3.05, 3.63) is 116 Å². The minimum Gasteiger partial charge on any atom is -0.300 e. The van der Waals surface area contributed by atoms with E-state index in [1.165, 1.54) is 24.3 Å². The van der Waals surface area contributed by atoms with Gasteiger partial charge in [-0.25, -0.2) is 9.37 Å². The highest BCUT2D eigenvalue weighted by Crippen LogP contribution is 2.16. The van der Waals surface area contributed by atoms with E-state index in [1.54, 1.807) is 41.0 Å². The minimum absolute atomic E-state index is 0.00592. The molecule has 0 aliphatic rings. The molecule has 6 nitrogen and oxygen atoms in total. The quantitative estimate of drug-likeness (QED) is 0.360. The Labute approximate surface area is 170 Å². The lowest BCUT2D eigenvalue weighted by atomic mass is 10.1. The SMILES string of the molecule is O=c1c(/C=C/c2ccc(F)cc2)nc2ccccc2n1Cc1ccc([N+](=O)[O-])cc1. The average molecular weight is 401 g/mol. The molecule has 0 aliphatic carbocycles. The maximum atomic E-state index is 13.1. The third-order valence-corrected chi connectivity index (χ3v) is 4.67. The van der Waals surface area contributed by atoms with Gasteiger partial charge in [0.2, 0.25) is 0 Å². The number of nitrogens with zero attached hydrogens (tertiary/aromatic N) is 3. The molecule has 0 unspecified atom stereocenters. The fourth-order valence-corrected chi connectivity index (χ4v) is 3.13. The van der Waals surface area contributed by atoms with Crippen LogP contribution in [0.4, 0.5) is 10.1 Å². The average Bonchev–Trinajstić information content (AvgIpc) is 2.76. The second-order valence-electron chi connectivity index (χ2n) is 6.69. The summed E-state index contributed by atoms with van der Waals surface area (Å²) in [6.45, 7) is 0.247. The highest BCUT2D eigenvalue weighted by Gasteiger charge is 2.11. The maximum absolute atomic E-state index is 13.1. The fourth-order valence-electron chi connectivity index (χ4n) is 3.13. The zero-order valence-corrected chi connectivity index (χ0v) is 15.7. The number of non-ortho nitro benzene ring substituents is 1. The van der Waals surface area contributed by atoms with Gasteiger partial charge in [0.15, 0.2) is 0 Å². The van der Waals surface area contributed by atoms with Crippen molar-refractivity contribution in [2.75, 3.05) is 0 Å². The Kier molecular flexibility index (Phi) is 5.17. The number of fused-ring (bicyclic) bond motifs is 1. The monoisotopic (exact) mass is 401 g/mol. The Hall–Kier alpha value is -4.13. The van der Waals surface area contributed by atoms with Crippen molar-refractivity contribution in [1.82, 2.24) is 9.55 Å². The molecule has 7 heteroatoms. The predicted molar refractivity (Wildman–Crippen MR) is 114 cm³/mol. The van der Waals surface area contributed by atoms with Gasteiger partial charge in [0, 0.05) is 12.1 Å². The normalized spacial score (nSPS) is 11.2. The van der Waals surface area contributed by atoms with Crippen LogP contribution in [0.15, 0.2) is 77.6 Å². The van der Waals surface area contributed by atoms with Crippen molar-refractivity contribution >= 4 is 28.9 Å². The molecule has 148 valence electrons. The van der Waals surface area contributed by atoms with Crippen LogP contribution in [-0.4, -0.2) is 14.5 Å². The Morgan fingerprint density at radius 1 is 0.967 bits per heavy atom. The van der Waals surface area contributed by atoms with Gasteiger partial charge in [-0.05, 0) is 41.5 Å². The molecular weight excluding hydrogens is 385 g/mol. The highest BCUT2D eigenvalue weighted by atomic mass is 19.1. The number of hydrogen-bond acceptors (Lipinski definition) is 4. The number of halogens is 1. The summed E-state index contributed by atoms with van der Waals surface area (Å²) >= 11 is 0. The number of para-hydroxylation sites is 2. The van der Waals surface area contributed by atoms with Gasteiger partial charge < -0.3 is 4.57 Å². The van der Waals surface area contributed by atoms with Crippen LogP contribution in [0.5, 0.6) is 0 Å². The van der Waals surface area contributed by atoms with Gasteiger partial charge in [0.25, 0.3) is 11.2 Å². The summed E-state index contributed by atoms with van der Waals surface area (Å²) in [6.07, 6.45) is 3.31.